The molecule has 3 aromatic rings. The lowest BCUT2D eigenvalue weighted by atomic mass is 9.90. The Morgan fingerprint density at radius 1 is 0.943 bits per heavy atom. The number of halogens is 1. The Morgan fingerprint density at radius 2 is 1.63 bits per heavy atom. The van der Waals surface area contributed by atoms with Crippen molar-refractivity contribution >= 4 is 45.0 Å². The van der Waals surface area contributed by atoms with E-state index in [4.69, 9.17) is 0 Å². The largest absolute Gasteiger partial charge is 0.378 e. The van der Waals surface area contributed by atoms with Gasteiger partial charge >= 0.3 is 0 Å². The minimum Gasteiger partial charge on any atom is -0.378 e. The molecule has 5 rings (SSSR count). The van der Waals surface area contributed by atoms with Gasteiger partial charge in [0.25, 0.3) is 11.8 Å². The molecule has 0 bridgehead atoms. The van der Waals surface area contributed by atoms with E-state index in [1.54, 1.807) is 30.3 Å². The maximum absolute atomic E-state index is 13.7. The number of anilines is 2. The molecule has 1 N–H and O–H groups in total. The van der Waals surface area contributed by atoms with Crippen LogP contribution in [0.5, 0.6) is 0 Å². The van der Waals surface area contributed by atoms with Crippen molar-refractivity contribution < 1.29 is 14.4 Å². The summed E-state index contributed by atoms with van der Waals surface area (Å²) in [7, 11) is 3.91. The first-order chi connectivity index (χ1) is 16.8. The van der Waals surface area contributed by atoms with Crippen molar-refractivity contribution in [3.8, 4) is 0 Å². The van der Waals surface area contributed by atoms with Crippen molar-refractivity contribution in [3.63, 3.8) is 0 Å². The number of carbonyl (C=O) groups excluding carboxylic acids is 3. The summed E-state index contributed by atoms with van der Waals surface area (Å²) in [5.41, 5.74) is 7.01. The van der Waals surface area contributed by atoms with Gasteiger partial charge in [-0.1, -0.05) is 51.8 Å². The Hall–Kier alpha value is -3.49. The van der Waals surface area contributed by atoms with Gasteiger partial charge in [0.05, 0.1) is 17.6 Å². The maximum atomic E-state index is 13.7. The molecule has 0 aromatic heterocycles. The molecule has 3 aromatic carbocycles. The highest BCUT2D eigenvalue weighted by Gasteiger charge is 2.60. The minimum absolute atomic E-state index is 0.317. The third-order valence-corrected chi connectivity index (χ3v) is 7.08. The third-order valence-electron chi connectivity index (χ3n) is 6.59. The summed E-state index contributed by atoms with van der Waals surface area (Å²) >= 11 is 3.41. The first kappa shape index (κ1) is 23.3. The highest BCUT2D eigenvalue weighted by atomic mass is 79.9. The van der Waals surface area contributed by atoms with Crippen LogP contribution >= 0.6 is 15.9 Å². The summed E-state index contributed by atoms with van der Waals surface area (Å²) in [6, 6.07) is 20.6. The Morgan fingerprint density at radius 3 is 2.26 bits per heavy atom. The molecule has 2 fully saturated rings. The smallest absolute Gasteiger partial charge is 0.268 e. The zero-order valence-electron chi connectivity index (χ0n) is 19.6. The van der Waals surface area contributed by atoms with Gasteiger partial charge < -0.3 is 4.90 Å². The molecule has 2 aliphatic rings. The van der Waals surface area contributed by atoms with Gasteiger partial charge in [0, 0.05) is 29.8 Å². The Kier molecular flexibility index (Phi) is 5.94. The van der Waals surface area contributed by atoms with Gasteiger partial charge in [-0.3, -0.25) is 19.4 Å². The van der Waals surface area contributed by atoms with Crippen molar-refractivity contribution in [2.24, 2.45) is 5.92 Å². The Labute approximate surface area is 212 Å². The SMILES string of the molecule is Cc1ccc(N2C(=O)[C@@H]3[C@H](c4ccc(N(C)C)cc4)NN(C(=O)c4cccc(Br)c4)[C@H]3C2=O)cc1. The lowest BCUT2D eigenvalue weighted by molar-refractivity contribution is -0.123. The summed E-state index contributed by atoms with van der Waals surface area (Å²) < 4.78 is 0.755. The molecule has 2 saturated heterocycles. The molecule has 0 saturated carbocycles. The van der Waals surface area contributed by atoms with Crippen LogP contribution in [0.3, 0.4) is 0 Å². The van der Waals surface area contributed by atoms with Gasteiger partial charge in [0.1, 0.15) is 6.04 Å². The van der Waals surface area contributed by atoms with E-state index in [9.17, 15) is 14.4 Å². The number of aryl methyl sites for hydroxylation is 1. The second kappa shape index (κ2) is 8.94. The fraction of sp³-hybridized carbons (Fsp3) is 0.222. The molecule has 0 aliphatic carbocycles. The highest BCUT2D eigenvalue weighted by Crippen LogP contribution is 2.42. The van der Waals surface area contributed by atoms with Crippen LogP contribution < -0.4 is 15.2 Å². The van der Waals surface area contributed by atoms with Crippen LogP contribution in [-0.4, -0.2) is 42.9 Å². The lowest BCUT2D eigenvalue weighted by Crippen LogP contribution is -2.48. The fourth-order valence-electron chi connectivity index (χ4n) is 4.74. The standard InChI is InChI=1S/C27H25BrN4O3/c1-16-7-11-21(12-8-16)31-26(34)22-23(17-9-13-20(14-10-17)30(2)3)29-32(24(22)27(31)35)25(33)18-5-4-6-19(28)15-18/h4-15,22-24,29H,1-3H3/t22-,23+,24-/m1/s1. The van der Waals surface area contributed by atoms with E-state index in [-0.39, 0.29) is 11.8 Å². The topological polar surface area (TPSA) is 73.0 Å². The summed E-state index contributed by atoms with van der Waals surface area (Å²) in [4.78, 5) is 44.1. The maximum Gasteiger partial charge on any atom is 0.268 e. The number of hydrogen-bond acceptors (Lipinski definition) is 5. The molecule has 3 atom stereocenters. The number of nitrogens with zero attached hydrogens (tertiary/aromatic N) is 3. The van der Waals surface area contributed by atoms with Gasteiger partial charge in [-0.25, -0.2) is 10.3 Å². The minimum atomic E-state index is -0.950. The zero-order chi connectivity index (χ0) is 24.9. The third kappa shape index (κ3) is 4.02. The van der Waals surface area contributed by atoms with Gasteiger partial charge in [-0.05, 0) is 55.0 Å². The first-order valence-corrected chi connectivity index (χ1v) is 12.1. The highest BCUT2D eigenvalue weighted by molar-refractivity contribution is 9.10. The second-order valence-corrected chi connectivity index (χ2v) is 10.0. The molecule has 0 spiro atoms. The van der Waals surface area contributed by atoms with Crippen molar-refractivity contribution in [1.82, 2.24) is 10.4 Å². The summed E-state index contributed by atoms with van der Waals surface area (Å²) in [5.74, 6) is -1.83. The van der Waals surface area contributed by atoms with Crippen LogP contribution in [-0.2, 0) is 9.59 Å². The van der Waals surface area contributed by atoms with Crippen LogP contribution in [0.15, 0.2) is 77.3 Å². The van der Waals surface area contributed by atoms with Crippen LogP contribution in [0, 0.1) is 12.8 Å². The van der Waals surface area contributed by atoms with E-state index < -0.39 is 23.9 Å². The molecular formula is C27H25BrN4O3. The van der Waals surface area contributed by atoms with E-state index in [1.165, 1.54) is 9.91 Å². The summed E-state index contributed by atoms with van der Waals surface area (Å²) in [5, 5.41) is 1.34. The van der Waals surface area contributed by atoms with Crippen molar-refractivity contribution in [2.75, 3.05) is 23.9 Å². The molecule has 178 valence electrons. The number of nitrogens with one attached hydrogen (secondary N) is 1. The van der Waals surface area contributed by atoms with Crippen molar-refractivity contribution in [1.29, 1.82) is 0 Å². The van der Waals surface area contributed by atoms with Crippen LogP contribution in [0.4, 0.5) is 11.4 Å². The predicted octanol–water partition coefficient (Wildman–Crippen LogP) is 4.08. The monoisotopic (exact) mass is 532 g/mol. The Balaban J connectivity index is 1.57. The lowest BCUT2D eigenvalue weighted by Gasteiger charge is -2.25. The van der Waals surface area contributed by atoms with E-state index in [0.717, 1.165) is 21.3 Å². The number of fused-ring (bicyclic) bond motifs is 1. The van der Waals surface area contributed by atoms with Gasteiger partial charge in [0.2, 0.25) is 5.91 Å². The first-order valence-electron chi connectivity index (χ1n) is 11.3. The van der Waals surface area contributed by atoms with Crippen LogP contribution in [0.2, 0.25) is 0 Å². The molecule has 0 radical (unpaired) electrons. The normalized spacial score (nSPS) is 21.4. The number of rotatable bonds is 4. The van der Waals surface area contributed by atoms with Crippen molar-refractivity contribution in [2.45, 2.75) is 19.0 Å². The molecule has 2 heterocycles. The fourth-order valence-corrected chi connectivity index (χ4v) is 5.14. The van der Waals surface area contributed by atoms with Gasteiger partial charge in [-0.2, -0.15) is 0 Å². The molecule has 35 heavy (non-hydrogen) atoms. The summed E-state index contributed by atoms with van der Waals surface area (Å²) in [6.07, 6.45) is 0. The van der Waals surface area contributed by atoms with Gasteiger partial charge in [0.15, 0.2) is 0 Å². The summed E-state index contributed by atoms with van der Waals surface area (Å²) in [6.45, 7) is 1.95. The molecule has 0 unspecified atom stereocenters. The van der Waals surface area contributed by atoms with E-state index in [0.29, 0.717) is 11.3 Å². The number of benzene rings is 3. The predicted molar refractivity (Wildman–Crippen MR) is 138 cm³/mol. The van der Waals surface area contributed by atoms with E-state index in [2.05, 4.69) is 21.4 Å². The zero-order valence-corrected chi connectivity index (χ0v) is 21.2. The van der Waals surface area contributed by atoms with Crippen molar-refractivity contribution in [3.05, 3.63) is 94.0 Å². The van der Waals surface area contributed by atoms with Crippen LogP contribution in [0.1, 0.15) is 27.5 Å². The average Bonchev–Trinajstić information content (AvgIpc) is 3.36. The number of imide groups is 1. The second-order valence-electron chi connectivity index (χ2n) is 9.10. The molecule has 8 heteroatoms. The number of hydrazine groups is 1. The molecule has 3 amide bonds. The molecule has 7 nitrogen and oxygen atoms in total. The number of carbonyl (C=O) groups is 3. The van der Waals surface area contributed by atoms with E-state index in [1.807, 2.05) is 68.4 Å². The molecular weight excluding hydrogens is 508 g/mol. The number of amides is 3. The van der Waals surface area contributed by atoms with Gasteiger partial charge in [-0.15, -0.1) is 0 Å². The average molecular weight is 533 g/mol. The Bertz CT molecular complexity index is 1310. The quantitative estimate of drug-likeness (QED) is 0.512. The molecule has 2 aliphatic heterocycles. The number of hydrogen-bond donors (Lipinski definition) is 1. The van der Waals surface area contributed by atoms with E-state index >= 15 is 0 Å². The van der Waals surface area contributed by atoms with Crippen LogP contribution in [0.25, 0.3) is 0 Å².